The first-order chi connectivity index (χ1) is 12.7. The monoisotopic (exact) mass is 368 g/mol. The molecule has 1 aromatic rings. The van der Waals surface area contributed by atoms with E-state index in [9.17, 15) is 0 Å². The third-order valence-electron chi connectivity index (χ3n) is 6.27. The molecular weight excluding hydrogens is 340 g/mol. The topological polar surface area (TPSA) is 28.3 Å². The second-order valence-corrected chi connectivity index (χ2v) is 9.45. The summed E-state index contributed by atoms with van der Waals surface area (Å²) >= 11 is 1.93. The molecule has 0 spiro atoms. The van der Waals surface area contributed by atoms with Gasteiger partial charge >= 0.3 is 0 Å². The number of aromatic nitrogens is 1. The van der Waals surface area contributed by atoms with E-state index in [0.717, 1.165) is 12.3 Å². The molecule has 1 N–H and O–H groups in total. The highest BCUT2D eigenvalue weighted by atomic mass is 32.2. The predicted molar refractivity (Wildman–Crippen MR) is 109 cm³/mol. The van der Waals surface area contributed by atoms with Gasteiger partial charge < -0.3 is 14.6 Å². The van der Waals surface area contributed by atoms with Crippen LogP contribution >= 0.6 is 11.8 Å². The lowest BCUT2D eigenvalue weighted by atomic mass is 9.86. The molecule has 0 fully saturated rings. The van der Waals surface area contributed by atoms with Crippen molar-refractivity contribution >= 4 is 17.3 Å². The van der Waals surface area contributed by atoms with Gasteiger partial charge in [-0.1, -0.05) is 19.9 Å². The fraction of sp³-hybridized carbons (Fsp3) is 0.545. The Kier molecular flexibility index (Phi) is 4.00. The highest BCUT2D eigenvalue weighted by Gasteiger charge is 2.40. The lowest BCUT2D eigenvalue weighted by molar-refractivity contribution is 0.224. The molecule has 4 heterocycles. The van der Waals surface area contributed by atoms with Crippen molar-refractivity contribution in [2.24, 2.45) is 5.92 Å². The molecule has 1 aliphatic carbocycles. The number of hydrogen-bond donors (Lipinski definition) is 1. The highest BCUT2D eigenvalue weighted by Crippen LogP contribution is 2.49. The minimum absolute atomic E-state index is 0.496. The minimum atomic E-state index is 0.496. The third kappa shape index (κ3) is 2.49. The molecule has 1 aromatic heterocycles. The van der Waals surface area contributed by atoms with Crippen molar-refractivity contribution in [2.45, 2.75) is 57.2 Å². The molecule has 3 nitrogen and oxygen atoms in total. The van der Waals surface area contributed by atoms with Crippen molar-refractivity contribution < 1.29 is 4.74 Å². The summed E-state index contributed by atoms with van der Waals surface area (Å²) in [4.78, 5) is 6.47. The molecule has 0 saturated carbocycles. The molecule has 0 radical (unpaired) electrons. The molecule has 4 heteroatoms. The molecule has 0 aromatic carbocycles. The maximum Gasteiger partial charge on any atom is 0.130 e. The zero-order valence-corrected chi connectivity index (χ0v) is 16.8. The van der Waals surface area contributed by atoms with Gasteiger partial charge in [0.1, 0.15) is 5.76 Å². The molecule has 138 valence electrons. The molecule has 2 atom stereocenters. The smallest absolute Gasteiger partial charge is 0.130 e. The standard InChI is InChI=1S/C22H28N2OS/c1-13(2)9-14-5-4-6-15-16-7-8-24-11-17-19(25-3)12-26-20(17)10-18(24)22(16)23-21(14)15/h5,11-13,18,20,23H,4,6-10H2,1-3H3/t18?,20-/m0/s1. The highest BCUT2D eigenvalue weighted by molar-refractivity contribution is 8.03. The summed E-state index contributed by atoms with van der Waals surface area (Å²) in [5, 5.41) is 2.74. The van der Waals surface area contributed by atoms with E-state index in [1.165, 1.54) is 49.1 Å². The van der Waals surface area contributed by atoms with Gasteiger partial charge in [0.25, 0.3) is 0 Å². The van der Waals surface area contributed by atoms with Gasteiger partial charge in [0.05, 0.1) is 13.2 Å². The molecule has 0 amide bonds. The van der Waals surface area contributed by atoms with E-state index >= 15 is 0 Å². The van der Waals surface area contributed by atoms with Gasteiger partial charge in [-0.15, -0.1) is 11.8 Å². The number of methoxy groups -OCH3 is 1. The summed E-state index contributed by atoms with van der Waals surface area (Å²) in [6, 6.07) is 0.496. The minimum Gasteiger partial charge on any atom is -0.496 e. The van der Waals surface area contributed by atoms with Crippen LogP contribution in [0, 0.1) is 5.92 Å². The molecule has 0 bridgehead atoms. The molecule has 4 aliphatic rings. The van der Waals surface area contributed by atoms with Crippen LogP contribution in [0.5, 0.6) is 0 Å². The Labute approximate surface area is 160 Å². The van der Waals surface area contributed by atoms with Gasteiger partial charge in [0, 0.05) is 40.4 Å². The predicted octanol–water partition coefficient (Wildman–Crippen LogP) is 5.18. The summed E-state index contributed by atoms with van der Waals surface area (Å²) < 4.78 is 5.58. The van der Waals surface area contributed by atoms with E-state index in [-0.39, 0.29) is 0 Å². The molecule has 0 saturated heterocycles. The number of nitrogens with one attached hydrogen (secondary N) is 1. The van der Waals surface area contributed by atoms with Gasteiger partial charge in [0.2, 0.25) is 0 Å². The average Bonchev–Trinajstić information content (AvgIpc) is 3.20. The number of aromatic amines is 1. The van der Waals surface area contributed by atoms with Crippen molar-refractivity contribution in [1.29, 1.82) is 0 Å². The van der Waals surface area contributed by atoms with Crippen molar-refractivity contribution in [3.63, 3.8) is 0 Å². The Morgan fingerprint density at radius 2 is 2.19 bits per heavy atom. The van der Waals surface area contributed by atoms with Gasteiger partial charge in [-0.25, -0.2) is 0 Å². The van der Waals surface area contributed by atoms with Gasteiger partial charge in [0.15, 0.2) is 0 Å². The van der Waals surface area contributed by atoms with Crippen LogP contribution in [0.2, 0.25) is 0 Å². The lowest BCUT2D eigenvalue weighted by Gasteiger charge is -2.40. The van der Waals surface area contributed by atoms with E-state index in [1.807, 2.05) is 11.8 Å². The first kappa shape index (κ1) is 16.6. The number of fused-ring (bicyclic) bond motifs is 6. The fourth-order valence-corrected chi connectivity index (χ4v) is 6.27. The Hall–Kier alpha value is -1.55. The van der Waals surface area contributed by atoms with E-state index < -0.39 is 0 Å². The van der Waals surface area contributed by atoms with Crippen LogP contribution < -0.4 is 0 Å². The number of H-pyrrole nitrogens is 1. The second-order valence-electron chi connectivity index (χ2n) is 8.37. The van der Waals surface area contributed by atoms with Crippen LogP contribution in [0.4, 0.5) is 0 Å². The van der Waals surface area contributed by atoms with Gasteiger partial charge in [-0.3, -0.25) is 0 Å². The van der Waals surface area contributed by atoms with Crippen LogP contribution in [0.1, 0.15) is 61.7 Å². The number of rotatable bonds is 3. The molecule has 5 rings (SSSR count). The maximum absolute atomic E-state index is 5.58. The first-order valence-corrected chi connectivity index (χ1v) is 10.9. The third-order valence-corrected chi connectivity index (χ3v) is 7.40. The Morgan fingerprint density at radius 1 is 1.31 bits per heavy atom. The average molecular weight is 369 g/mol. The molecule has 26 heavy (non-hydrogen) atoms. The van der Waals surface area contributed by atoms with Gasteiger partial charge in [-0.2, -0.15) is 0 Å². The number of thioether (sulfide) groups is 1. The van der Waals surface area contributed by atoms with Crippen molar-refractivity contribution in [1.82, 2.24) is 9.88 Å². The number of ether oxygens (including phenoxy) is 1. The van der Waals surface area contributed by atoms with E-state index in [1.54, 1.807) is 23.8 Å². The van der Waals surface area contributed by atoms with Crippen LogP contribution in [0.3, 0.4) is 0 Å². The second kappa shape index (κ2) is 6.26. The number of nitrogens with zero attached hydrogens (tertiary/aromatic N) is 1. The largest absolute Gasteiger partial charge is 0.496 e. The zero-order valence-electron chi connectivity index (χ0n) is 16.0. The summed E-state index contributed by atoms with van der Waals surface area (Å²) in [5.74, 6) is 1.77. The van der Waals surface area contributed by atoms with Crippen molar-refractivity contribution in [3.8, 4) is 0 Å². The van der Waals surface area contributed by atoms with Crippen LogP contribution in [-0.4, -0.2) is 28.8 Å². The maximum atomic E-state index is 5.58. The van der Waals surface area contributed by atoms with Crippen molar-refractivity contribution in [3.05, 3.63) is 51.5 Å². The molecule has 1 unspecified atom stereocenters. The lowest BCUT2D eigenvalue weighted by Crippen LogP contribution is -2.37. The SMILES string of the molecule is COC1=CS[C@H]2CC3c4[nH]c5c(c4CCN3C=C12)CCC=C5CC(C)C. The number of allylic oxidation sites excluding steroid dienone is 3. The summed E-state index contributed by atoms with van der Waals surface area (Å²) in [7, 11) is 1.79. The summed E-state index contributed by atoms with van der Waals surface area (Å²) in [6.07, 6.45) is 10.8. The Balaban J connectivity index is 1.51. The van der Waals surface area contributed by atoms with Crippen LogP contribution in [0.15, 0.2) is 29.0 Å². The van der Waals surface area contributed by atoms with E-state index in [2.05, 4.69) is 41.4 Å². The first-order valence-electron chi connectivity index (χ1n) is 9.96. The van der Waals surface area contributed by atoms with Gasteiger partial charge in [-0.05, 0) is 54.7 Å². The quantitative estimate of drug-likeness (QED) is 0.797. The summed E-state index contributed by atoms with van der Waals surface area (Å²) in [5.41, 5.74) is 9.15. The zero-order chi connectivity index (χ0) is 17.8. The molecule has 3 aliphatic heterocycles. The van der Waals surface area contributed by atoms with E-state index in [0.29, 0.717) is 17.2 Å². The molecular formula is C22H28N2OS. The number of hydrogen-bond acceptors (Lipinski definition) is 3. The van der Waals surface area contributed by atoms with Crippen LogP contribution in [-0.2, 0) is 17.6 Å². The normalized spacial score (nSPS) is 26.5. The van der Waals surface area contributed by atoms with Crippen molar-refractivity contribution in [2.75, 3.05) is 13.7 Å². The van der Waals surface area contributed by atoms with Crippen LogP contribution in [0.25, 0.3) is 5.57 Å². The Morgan fingerprint density at radius 3 is 3.00 bits per heavy atom. The summed E-state index contributed by atoms with van der Waals surface area (Å²) in [6.45, 7) is 5.78. The fourth-order valence-electron chi connectivity index (χ4n) is 5.13. The van der Waals surface area contributed by atoms with E-state index in [4.69, 9.17) is 4.74 Å². The Bertz CT molecular complexity index is 829.